The van der Waals surface area contributed by atoms with Gasteiger partial charge in [-0.25, -0.2) is 4.39 Å². The summed E-state index contributed by atoms with van der Waals surface area (Å²) in [5.74, 6) is 0.0548. The molecule has 5 heteroatoms. The van der Waals surface area contributed by atoms with Crippen molar-refractivity contribution in [3.8, 4) is 5.75 Å². The van der Waals surface area contributed by atoms with E-state index in [0.29, 0.717) is 18.5 Å². The Kier molecular flexibility index (Phi) is 5.33. The molecule has 0 fully saturated rings. The first-order valence-corrected chi connectivity index (χ1v) is 7.26. The molecule has 0 aromatic heterocycles. The average molecular weight is 352 g/mol. The van der Waals surface area contributed by atoms with Crippen molar-refractivity contribution in [1.82, 2.24) is 5.32 Å². The maximum atomic E-state index is 13.4. The molecule has 0 saturated heterocycles. The Morgan fingerprint density at radius 1 is 1.24 bits per heavy atom. The summed E-state index contributed by atoms with van der Waals surface area (Å²) in [6, 6.07) is 12.0. The predicted molar refractivity (Wildman–Crippen MR) is 83.1 cm³/mol. The molecule has 1 N–H and O–H groups in total. The molecule has 21 heavy (non-hydrogen) atoms. The fourth-order valence-electron chi connectivity index (χ4n) is 1.89. The molecule has 0 aliphatic heterocycles. The van der Waals surface area contributed by atoms with Gasteiger partial charge < -0.3 is 10.1 Å². The number of halogens is 2. The molecule has 0 atom stereocenters. The number of amides is 1. The zero-order valence-corrected chi connectivity index (χ0v) is 13.1. The van der Waals surface area contributed by atoms with Crippen LogP contribution in [-0.2, 0) is 6.42 Å². The molecule has 2 aromatic rings. The standard InChI is InChI=1S/C16H15BrFNO2/c1-21-12-7-5-11(6-8-12)9-10-19-16(20)13-3-2-4-14(18)15(13)17/h2-8H,9-10H2,1H3,(H,19,20). The van der Waals surface area contributed by atoms with Crippen LogP contribution in [0.5, 0.6) is 5.75 Å². The minimum Gasteiger partial charge on any atom is -0.497 e. The summed E-state index contributed by atoms with van der Waals surface area (Å²) in [5.41, 5.74) is 1.39. The summed E-state index contributed by atoms with van der Waals surface area (Å²) in [5, 5.41) is 2.78. The molecule has 2 aromatic carbocycles. The van der Waals surface area contributed by atoms with E-state index in [0.717, 1.165) is 11.3 Å². The fraction of sp³-hybridized carbons (Fsp3) is 0.188. The zero-order chi connectivity index (χ0) is 15.2. The molecular formula is C16H15BrFNO2. The van der Waals surface area contributed by atoms with Crippen LogP contribution >= 0.6 is 15.9 Å². The summed E-state index contributed by atoms with van der Waals surface area (Å²) in [6.45, 7) is 0.480. The quantitative estimate of drug-likeness (QED) is 0.894. The first-order valence-electron chi connectivity index (χ1n) is 6.47. The summed E-state index contributed by atoms with van der Waals surface area (Å²) in [4.78, 5) is 12.0. The third kappa shape index (κ3) is 4.04. The van der Waals surface area contributed by atoms with Crippen LogP contribution in [0.2, 0.25) is 0 Å². The second-order valence-corrected chi connectivity index (χ2v) is 5.25. The van der Waals surface area contributed by atoms with Crippen molar-refractivity contribution < 1.29 is 13.9 Å². The van der Waals surface area contributed by atoms with Crippen LogP contribution in [0.3, 0.4) is 0 Å². The first-order chi connectivity index (χ1) is 10.1. The van der Waals surface area contributed by atoms with Crippen molar-refractivity contribution in [3.05, 3.63) is 63.9 Å². The topological polar surface area (TPSA) is 38.3 Å². The lowest BCUT2D eigenvalue weighted by atomic mass is 10.1. The Hall–Kier alpha value is -1.88. The van der Waals surface area contributed by atoms with Crippen LogP contribution in [0.25, 0.3) is 0 Å². The van der Waals surface area contributed by atoms with Gasteiger partial charge in [0.1, 0.15) is 11.6 Å². The molecule has 0 saturated carbocycles. The van der Waals surface area contributed by atoms with Crippen molar-refractivity contribution in [2.75, 3.05) is 13.7 Å². The van der Waals surface area contributed by atoms with Gasteiger partial charge in [-0.1, -0.05) is 18.2 Å². The molecule has 0 heterocycles. The highest BCUT2D eigenvalue weighted by Gasteiger charge is 2.12. The van der Waals surface area contributed by atoms with E-state index in [-0.39, 0.29) is 10.4 Å². The molecule has 0 radical (unpaired) electrons. The van der Waals surface area contributed by atoms with Crippen molar-refractivity contribution in [2.45, 2.75) is 6.42 Å². The molecule has 0 spiro atoms. The van der Waals surface area contributed by atoms with Gasteiger partial charge >= 0.3 is 0 Å². The lowest BCUT2D eigenvalue weighted by Gasteiger charge is -2.08. The van der Waals surface area contributed by atoms with E-state index in [1.807, 2.05) is 24.3 Å². The smallest absolute Gasteiger partial charge is 0.252 e. The van der Waals surface area contributed by atoms with Gasteiger partial charge in [0.25, 0.3) is 5.91 Å². The second-order valence-electron chi connectivity index (χ2n) is 4.46. The Labute approximate surface area is 131 Å². The number of nitrogens with one attached hydrogen (secondary N) is 1. The van der Waals surface area contributed by atoms with E-state index in [9.17, 15) is 9.18 Å². The van der Waals surface area contributed by atoms with Crippen molar-refractivity contribution in [1.29, 1.82) is 0 Å². The fourth-order valence-corrected chi connectivity index (χ4v) is 2.33. The molecule has 1 amide bonds. The molecule has 0 unspecified atom stereocenters. The summed E-state index contributed by atoms with van der Waals surface area (Å²) in [6.07, 6.45) is 0.697. The van der Waals surface area contributed by atoms with Gasteiger partial charge in [0.05, 0.1) is 17.1 Å². The number of rotatable bonds is 5. The SMILES string of the molecule is COc1ccc(CCNC(=O)c2cccc(F)c2Br)cc1. The molecule has 110 valence electrons. The molecule has 2 rings (SSSR count). The number of carbonyl (C=O) groups excluding carboxylic acids is 1. The summed E-state index contributed by atoms with van der Waals surface area (Å²) < 4.78 is 18.6. The molecule has 3 nitrogen and oxygen atoms in total. The van der Waals surface area contributed by atoms with E-state index in [1.165, 1.54) is 12.1 Å². The molecule has 0 bridgehead atoms. The van der Waals surface area contributed by atoms with Gasteiger partial charge in [-0.05, 0) is 52.2 Å². The lowest BCUT2D eigenvalue weighted by Crippen LogP contribution is -2.26. The summed E-state index contributed by atoms with van der Waals surface area (Å²) >= 11 is 3.08. The lowest BCUT2D eigenvalue weighted by molar-refractivity contribution is 0.0953. The second kappa shape index (κ2) is 7.22. The van der Waals surface area contributed by atoms with Gasteiger partial charge in [-0.15, -0.1) is 0 Å². The third-order valence-corrected chi connectivity index (χ3v) is 3.86. The maximum absolute atomic E-state index is 13.4. The molecular weight excluding hydrogens is 337 g/mol. The minimum atomic E-state index is -0.446. The Bertz CT molecular complexity index is 629. The van der Waals surface area contributed by atoms with Gasteiger partial charge in [-0.2, -0.15) is 0 Å². The van der Waals surface area contributed by atoms with Crippen LogP contribution in [-0.4, -0.2) is 19.6 Å². The van der Waals surface area contributed by atoms with Crippen LogP contribution in [0, 0.1) is 5.82 Å². The van der Waals surface area contributed by atoms with Crippen molar-refractivity contribution >= 4 is 21.8 Å². The summed E-state index contributed by atoms with van der Waals surface area (Å²) in [7, 11) is 1.62. The van der Waals surface area contributed by atoms with Crippen molar-refractivity contribution in [2.24, 2.45) is 0 Å². The third-order valence-electron chi connectivity index (χ3n) is 3.05. The predicted octanol–water partition coefficient (Wildman–Crippen LogP) is 3.57. The largest absolute Gasteiger partial charge is 0.497 e. The first kappa shape index (κ1) is 15.5. The van der Waals surface area contributed by atoms with Crippen LogP contribution in [0.15, 0.2) is 46.9 Å². The number of carbonyl (C=O) groups is 1. The number of methoxy groups -OCH3 is 1. The monoisotopic (exact) mass is 351 g/mol. The molecule has 0 aliphatic rings. The van der Waals surface area contributed by atoms with Gasteiger partial charge in [-0.3, -0.25) is 4.79 Å². The van der Waals surface area contributed by atoms with Crippen LogP contribution in [0.1, 0.15) is 15.9 Å². The van der Waals surface area contributed by atoms with Gasteiger partial charge in [0, 0.05) is 6.54 Å². The number of benzene rings is 2. The Morgan fingerprint density at radius 2 is 1.95 bits per heavy atom. The molecule has 0 aliphatic carbocycles. The highest BCUT2D eigenvalue weighted by atomic mass is 79.9. The number of hydrogen-bond acceptors (Lipinski definition) is 2. The zero-order valence-electron chi connectivity index (χ0n) is 11.5. The minimum absolute atomic E-state index is 0.187. The van der Waals surface area contributed by atoms with E-state index < -0.39 is 5.82 Å². The Balaban J connectivity index is 1.90. The number of ether oxygens (including phenoxy) is 1. The van der Waals surface area contributed by atoms with E-state index in [4.69, 9.17) is 4.74 Å². The van der Waals surface area contributed by atoms with E-state index in [1.54, 1.807) is 13.2 Å². The average Bonchev–Trinajstić information content (AvgIpc) is 2.50. The van der Waals surface area contributed by atoms with Crippen LogP contribution in [0.4, 0.5) is 4.39 Å². The van der Waals surface area contributed by atoms with Crippen LogP contribution < -0.4 is 10.1 Å². The van der Waals surface area contributed by atoms with Gasteiger partial charge in [0.2, 0.25) is 0 Å². The Morgan fingerprint density at radius 3 is 2.62 bits per heavy atom. The van der Waals surface area contributed by atoms with Gasteiger partial charge in [0.15, 0.2) is 0 Å². The maximum Gasteiger partial charge on any atom is 0.252 e. The highest BCUT2D eigenvalue weighted by Crippen LogP contribution is 2.20. The normalized spacial score (nSPS) is 10.2. The number of hydrogen-bond donors (Lipinski definition) is 1. The van der Waals surface area contributed by atoms with E-state index in [2.05, 4.69) is 21.2 Å². The highest BCUT2D eigenvalue weighted by molar-refractivity contribution is 9.10. The van der Waals surface area contributed by atoms with Crippen molar-refractivity contribution in [3.63, 3.8) is 0 Å². The van der Waals surface area contributed by atoms with E-state index >= 15 is 0 Å².